The van der Waals surface area contributed by atoms with E-state index < -0.39 is 12.1 Å². The van der Waals surface area contributed by atoms with Crippen molar-refractivity contribution in [2.45, 2.75) is 58.7 Å². The van der Waals surface area contributed by atoms with Gasteiger partial charge in [0.1, 0.15) is 12.1 Å². The summed E-state index contributed by atoms with van der Waals surface area (Å²) in [5, 5.41) is 2.69. The maximum Gasteiger partial charge on any atom is 0.254 e. The molecule has 1 aromatic carbocycles. The second-order valence-corrected chi connectivity index (χ2v) is 9.69. The van der Waals surface area contributed by atoms with E-state index in [0.717, 1.165) is 28.1 Å². The first kappa shape index (κ1) is 23.6. The van der Waals surface area contributed by atoms with Crippen molar-refractivity contribution < 1.29 is 14.4 Å². The number of aromatic nitrogens is 1. The average Bonchev–Trinajstić information content (AvgIpc) is 3.40. The molecule has 1 aliphatic rings. The van der Waals surface area contributed by atoms with E-state index in [4.69, 9.17) is 0 Å². The number of thiazole rings is 1. The largest absolute Gasteiger partial charge is 0.345 e. The van der Waals surface area contributed by atoms with Gasteiger partial charge in [0.25, 0.3) is 5.91 Å². The third-order valence-electron chi connectivity index (χ3n) is 5.43. The van der Waals surface area contributed by atoms with Crippen LogP contribution >= 0.6 is 34.2 Å². The van der Waals surface area contributed by atoms with Gasteiger partial charge in [-0.15, -0.1) is 11.3 Å². The van der Waals surface area contributed by atoms with Gasteiger partial charge in [0.05, 0.1) is 45.5 Å². The summed E-state index contributed by atoms with van der Waals surface area (Å²) in [4.78, 5) is 44.5. The van der Waals surface area contributed by atoms with Gasteiger partial charge < -0.3 is 10.2 Å². The normalized spacial score (nSPS) is 16.8. The Morgan fingerprint density at radius 1 is 1.32 bits per heavy atom. The molecule has 0 saturated carbocycles. The Bertz CT molecular complexity index is 946. The molecule has 31 heavy (non-hydrogen) atoms. The van der Waals surface area contributed by atoms with Crippen LogP contribution in [0, 0.1) is 6.92 Å². The molecule has 166 valence electrons. The first-order valence-corrected chi connectivity index (χ1v) is 12.2. The first-order valence-electron chi connectivity index (χ1n) is 10.4. The lowest BCUT2D eigenvalue weighted by molar-refractivity contribution is -0.142. The molecule has 1 aliphatic heterocycles. The second-order valence-electron chi connectivity index (χ2n) is 7.67. The Balaban J connectivity index is 1.65. The zero-order valence-corrected chi connectivity index (χ0v) is 20.9. The molecule has 2 aromatic rings. The van der Waals surface area contributed by atoms with E-state index >= 15 is 0 Å². The molecule has 9 heteroatoms. The van der Waals surface area contributed by atoms with Crippen molar-refractivity contribution in [2.24, 2.45) is 0 Å². The summed E-state index contributed by atoms with van der Waals surface area (Å²) in [6.07, 6.45) is 1.92. The van der Waals surface area contributed by atoms with Gasteiger partial charge in [-0.3, -0.25) is 17.5 Å². The van der Waals surface area contributed by atoms with Crippen molar-refractivity contribution in [3.63, 3.8) is 0 Å². The number of likely N-dealkylation sites (tertiary alicyclic amines) is 1. The van der Waals surface area contributed by atoms with E-state index in [9.17, 15) is 14.4 Å². The van der Waals surface area contributed by atoms with Crippen LogP contribution < -0.4 is 5.32 Å². The van der Waals surface area contributed by atoms with Crippen LogP contribution in [0.5, 0.6) is 0 Å². The summed E-state index contributed by atoms with van der Waals surface area (Å²) in [6.45, 7) is 6.25. The minimum absolute atomic E-state index is 0.0773. The number of rotatable bonds is 7. The lowest BCUT2D eigenvalue weighted by Crippen LogP contribution is -2.52. The van der Waals surface area contributed by atoms with Gasteiger partial charge in [-0.05, 0) is 37.3 Å². The molecule has 0 bridgehead atoms. The molecule has 1 fully saturated rings. The van der Waals surface area contributed by atoms with Gasteiger partial charge in [-0.2, -0.15) is 0 Å². The highest BCUT2D eigenvalue weighted by molar-refractivity contribution is 14.1. The van der Waals surface area contributed by atoms with Crippen molar-refractivity contribution in [1.29, 1.82) is 0 Å². The van der Waals surface area contributed by atoms with Crippen LogP contribution in [0.1, 0.15) is 44.4 Å². The molecule has 7 nitrogen and oxygen atoms in total. The van der Waals surface area contributed by atoms with Crippen molar-refractivity contribution in [3.8, 4) is 10.4 Å². The topological polar surface area (TPSA) is 82.6 Å². The lowest BCUT2D eigenvalue weighted by Gasteiger charge is -2.30. The highest BCUT2D eigenvalue weighted by atomic mass is 127. The molecule has 1 saturated heterocycles. The van der Waals surface area contributed by atoms with E-state index in [1.54, 1.807) is 19.4 Å². The fourth-order valence-electron chi connectivity index (χ4n) is 3.81. The summed E-state index contributed by atoms with van der Waals surface area (Å²) >= 11 is 3.65. The average molecular weight is 554 g/mol. The van der Waals surface area contributed by atoms with Crippen LogP contribution in [0.25, 0.3) is 10.4 Å². The van der Waals surface area contributed by atoms with Crippen LogP contribution in [0.3, 0.4) is 0 Å². The number of nitrogens with zero attached hydrogens (tertiary/aromatic N) is 3. The highest BCUT2D eigenvalue weighted by Gasteiger charge is 2.38. The Morgan fingerprint density at radius 3 is 2.61 bits per heavy atom. The number of halogens is 1. The third kappa shape index (κ3) is 5.62. The number of benzene rings is 1. The third-order valence-corrected chi connectivity index (χ3v) is 7.22. The summed E-state index contributed by atoms with van der Waals surface area (Å²) < 4.78 is 1.65. The van der Waals surface area contributed by atoms with Crippen LogP contribution in [-0.2, 0) is 20.9 Å². The van der Waals surface area contributed by atoms with Gasteiger partial charge in [-0.1, -0.05) is 31.2 Å². The molecular weight excluding hydrogens is 527 g/mol. The predicted octanol–water partition coefficient (Wildman–Crippen LogP) is 3.70. The maximum absolute atomic E-state index is 13.1. The second kappa shape index (κ2) is 10.5. The Kier molecular flexibility index (Phi) is 8.04. The standard InChI is InChI=1S/C22H27IN4O3S/c1-4-18(25-15(3)28)21(29)26-11-5-6-19(26)22(30)27(23)12-16-7-9-17(10-8-16)20-14(2)24-13-31-20/h7-10,13,18-19H,4-6,11-12H2,1-3H3,(H,25,28)/t18-,19-/m0/s1. The van der Waals surface area contributed by atoms with E-state index in [-0.39, 0.29) is 17.7 Å². The van der Waals surface area contributed by atoms with Crippen LogP contribution in [0.2, 0.25) is 0 Å². The molecule has 3 amide bonds. The molecule has 0 spiro atoms. The van der Waals surface area contributed by atoms with E-state index in [2.05, 4.69) is 22.4 Å². The molecular formula is C22H27IN4O3S. The zero-order chi connectivity index (χ0) is 22.5. The minimum Gasteiger partial charge on any atom is -0.345 e. The number of carbonyl (C=O) groups excluding carboxylic acids is 3. The number of carbonyl (C=O) groups is 3. The number of amides is 3. The number of hydrogen-bond donors (Lipinski definition) is 1. The first-order chi connectivity index (χ1) is 14.8. The molecule has 1 aromatic heterocycles. The highest BCUT2D eigenvalue weighted by Crippen LogP contribution is 2.28. The van der Waals surface area contributed by atoms with Crippen molar-refractivity contribution >= 4 is 51.9 Å². The number of nitrogens with one attached hydrogen (secondary N) is 1. The fraction of sp³-hybridized carbons (Fsp3) is 0.455. The summed E-state index contributed by atoms with van der Waals surface area (Å²) in [5.74, 6) is -0.496. The summed E-state index contributed by atoms with van der Waals surface area (Å²) in [7, 11) is 0. The van der Waals surface area contributed by atoms with Gasteiger partial charge in [0.15, 0.2) is 0 Å². The smallest absolute Gasteiger partial charge is 0.254 e. The molecule has 0 aliphatic carbocycles. The fourth-order valence-corrected chi connectivity index (χ4v) is 5.34. The van der Waals surface area contributed by atoms with Crippen molar-refractivity contribution in [2.75, 3.05) is 6.54 Å². The SMILES string of the molecule is CC[C@H](NC(C)=O)C(=O)N1CCC[C@H]1C(=O)N(I)Cc1ccc(-c2scnc2C)cc1. The monoisotopic (exact) mass is 554 g/mol. The van der Waals surface area contributed by atoms with E-state index in [0.29, 0.717) is 25.9 Å². The summed E-state index contributed by atoms with van der Waals surface area (Å²) in [5.41, 5.74) is 4.99. The van der Waals surface area contributed by atoms with Gasteiger partial charge in [0, 0.05) is 13.5 Å². The molecule has 0 unspecified atom stereocenters. The Hall–Kier alpha value is -2.01. The molecule has 2 atom stereocenters. The van der Waals surface area contributed by atoms with Gasteiger partial charge in [-0.25, -0.2) is 4.98 Å². The van der Waals surface area contributed by atoms with Crippen molar-refractivity contribution in [1.82, 2.24) is 18.3 Å². The molecule has 0 radical (unpaired) electrons. The van der Waals surface area contributed by atoms with Gasteiger partial charge in [0.2, 0.25) is 11.8 Å². The Morgan fingerprint density at radius 2 is 2.03 bits per heavy atom. The molecule has 2 heterocycles. The van der Waals surface area contributed by atoms with Crippen LogP contribution in [0.15, 0.2) is 29.8 Å². The van der Waals surface area contributed by atoms with Crippen LogP contribution in [0.4, 0.5) is 0 Å². The number of aryl methyl sites for hydroxylation is 1. The van der Waals surface area contributed by atoms with E-state index in [1.165, 1.54) is 6.92 Å². The van der Waals surface area contributed by atoms with Crippen molar-refractivity contribution in [3.05, 3.63) is 41.0 Å². The Labute approximate surface area is 200 Å². The molecule has 1 N–H and O–H groups in total. The van der Waals surface area contributed by atoms with Gasteiger partial charge >= 0.3 is 0 Å². The lowest BCUT2D eigenvalue weighted by atomic mass is 10.1. The predicted molar refractivity (Wildman–Crippen MR) is 129 cm³/mol. The quantitative estimate of drug-likeness (QED) is 0.418. The summed E-state index contributed by atoms with van der Waals surface area (Å²) in [6, 6.07) is 7.08. The zero-order valence-electron chi connectivity index (χ0n) is 17.9. The minimum atomic E-state index is -0.587. The number of hydrogen-bond acceptors (Lipinski definition) is 5. The molecule has 3 rings (SSSR count). The van der Waals surface area contributed by atoms with Crippen LogP contribution in [-0.4, -0.2) is 49.3 Å². The van der Waals surface area contributed by atoms with E-state index in [1.807, 2.05) is 54.4 Å². The maximum atomic E-state index is 13.1.